The molecule has 3 N–H and O–H groups in total. The summed E-state index contributed by atoms with van der Waals surface area (Å²) in [6.07, 6.45) is -0.394. The van der Waals surface area contributed by atoms with E-state index in [1.54, 1.807) is 6.07 Å². The van der Waals surface area contributed by atoms with Crippen LogP contribution in [0.25, 0.3) is 17.3 Å². The molecule has 3 heterocycles. The van der Waals surface area contributed by atoms with Crippen LogP contribution in [0.15, 0.2) is 24.4 Å². The van der Waals surface area contributed by atoms with E-state index < -0.39 is 24.0 Å². The van der Waals surface area contributed by atoms with E-state index in [4.69, 9.17) is 5.41 Å². The zero-order valence-corrected chi connectivity index (χ0v) is 18.0. The van der Waals surface area contributed by atoms with E-state index in [1.165, 1.54) is 24.2 Å². The number of anilines is 1. The number of nitrogens with zero attached hydrogens (tertiary/aromatic N) is 3. The zero-order valence-electron chi connectivity index (χ0n) is 17.2. The van der Waals surface area contributed by atoms with Gasteiger partial charge in [0.15, 0.2) is 0 Å². The number of allylic oxidation sites excluding steroid dienone is 1. The van der Waals surface area contributed by atoms with Crippen LogP contribution < -0.4 is 9.62 Å². The van der Waals surface area contributed by atoms with Crippen molar-refractivity contribution in [1.29, 1.82) is 5.41 Å². The molecule has 1 saturated heterocycles. The maximum absolute atomic E-state index is 13.5. The third kappa shape index (κ3) is 6.28. The first-order valence-corrected chi connectivity index (χ1v) is 11.1. The molecule has 2 aromatic rings. The summed E-state index contributed by atoms with van der Waals surface area (Å²) in [5.74, 6) is 0.679. The molecule has 12 heteroatoms. The van der Waals surface area contributed by atoms with Crippen LogP contribution in [0.4, 0.5) is 27.8 Å². The fraction of sp³-hybridized carbons (Fsp3) is 0.450. The summed E-state index contributed by atoms with van der Waals surface area (Å²) in [5.41, 5.74) is -1.37. The molecule has 1 atom stereocenters. The van der Waals surface area contributed by atoms with Gasteiger partial charge in [-0.3, -0.25) is 10.1 Å². The van der Waals surface area contributed by atoms with E-state index in [2.05, 4.69) is 19.7 Å². The molecule has 6 nitrogen and oxygen atoms in total. The Balaban J connectivity index is 1.89. The number of hydrogen-bond donors (Lipinski definition) is 3. The summed E-state index contributed by atoms with van der Waals surface area (Å²) in [5, 5.41) is 7.14. The fourth-order valence-corrected chi connectivity index (χ4v) is 3.83. The van der Waals surface area contributed by atoms with Crippen LogP contribution >= 0.6 is 11.9 Å². The van der Waals surface area contributed by atoms with Gasteiger partial charge in [-0.05, 0) is 49.3 Å². The Bertz CT molecular complexity index is 958. The number of H-pyrrole nitrogens is 1. The molecule has 0 radical (unpaired) electrons. The minimum atomic E-state index is -4.63. The highest BCUT2D eigenvalue weighted by Gasteiger charge is 2.34. The van der Waals surface area contributed by atoms with Crippen molar-refractivity contribution in [2.45, 2.75) is 25.4 Å². The summed E-state index contributed by atoms with van der Waals surface area (Å²) < 4.78 is 68.7. The maximum atomic E-state index is 13.5. The van der Waals surface area contributed by atoms with Crippen molar-refractivity contribution in [3.8, 4) is 11.3 Å². The molecule has 1 unspecified atom stereocenters. The van der Waals surface area contributed by atoms with Crippen LogP contribution in [0.3, 0.4) is 0 Å². The average Bonchev–Trinajstić information content (AvgIpc) is 3.24. The predicted molar refractivity (Wildman–Crippen MR) is 116 cm³/mol. The number of imidazole rings is 1. The molecular formula is C20H23F5N6S. The molecule has 174 valence electrons. The first kappa shape index (κ1) is 24.2. The molecule has 0 spiro atoms. The first-order chi connectivity index (χ1) is 15.2. The van der Waals surface area contributed by atoms with Crippen LogP contribution in [0.1, 0.15) is 24.4 Å². The number of rotatable bonds is 8. The Morgan fingerprint density at radius 1 is 1.41 bits per heavy atom. The number of aromatic nitrogens is 3. The molecule has 2 aromatic heterocycles. The van der Waals surface area contributed by atoms with Gasteiger partial charge in [0.25, 0.3) is 6.43 Å². The summed E-state index contributed by atoms with van der Waals surface area (Å²) in [7, 11) is 0. The summed E-state index contributed by atoms with van der Waals surface area (Å²) in [6.45, 7) is 1.96. The van der Waals surface area contributed by atoms with E-state index in [9.17, 15) is 22.0 Å². The Morgan fingerprint density at radius 2 is 2.19 bits per heavy atom. The lowest BCUT2D eigenvalue weighted by molar-refractivity contribution is -0.141. The fourth-order valence-electron chi connectivity index (χ4n) is 3.43. The Kier molecular flexibility index (Phi) is 7.88. The predicted octanol–water partition coefficient (Wildman–Crippen LogP) is 4.87. The van der Waals surface area contributed by atoms with Gasteiger partial charge >= 0.3 is 6.18 Å². The largest absolute Gasteiger partial charge is 0.433 e. The topological polar surface area (TPSA) is 80.7 Å². The quantitative estimate of drug-likeness (QED) is 0.289. The van der Waals surface area contributed by atoms with E-state index in [0.717, 1.165) is 31.5 Å². The lowest BCUT2D eigenvalue weighted by atomic mass is 9.98. The molecular weight excluding hydrogens is 451 g/mol. The van der Waals surface area contributed by atoms with Crippen molar-refractivity contribution < 1.29 is 22.0 Å². The minimum Gasteiger partial charge on any atom is -0.356 e. The van der Waals surface area contributed by atoms with Crippen molar-refractivity contribution >= 4 is 29.6 Å². The van der Waals surface area contributed by atoms with Gasteiger partial charge in [0.05, 0.1) is 17.6 Å². The van der Waals surface area contributed by atoms with Gasteiger partial charge in [-0.25, -0.2) is 18.7 Å². The highest BCUT2D eigenvalue weighted by Crippen LogP contribution is 2.34. The Morgan fingerprint density at radius 3 is 2.88 bits per heavy atom. The van der Waals surface area contributed by atoms with E-state index >= 15 is 0 Å². The third-order valence-corrected chi connectivity index (χ3v) is 5.48. The standard InChI is InChI=1S/C20H23F5N6S/c1-32-28-9-12-3-2-6-31(11-12)18-8-13(7-16(30-18)20(23,24)25)15-10-27-17(29-15)5-4-14(26)19(21)22/h4-5,7-8,10,12,19,26,28H,2-3,6,9,11H2,1H3,(H,27,29)/b5-4-,26-14?. The molecule has 1 aliphatic heterocycles. The molecule has 0 aliphatic carbocycles. The first-order valence-electron chi connectivity index (χ1n) is 9.87. The third-order valence-electron chi connectivity index (χ3n) is 5.02. The van der Waals surface area contributed by atoms with Crippen molar-refractivity contribution in [2.75, 3.05) is 30.8 Å². The van der Waals surface area contributed by atoms with Crippen LogP contribution in [0.5, 0.6) is 0 Å². The van der Waals surface area contributed by atoms with E-state index in [1.807, 2.05) is 11.2 Å². The zero-order chi connectivity index (χ0) is 23.3. The second-order valence-electron chi connectivity index (χ2n) is 7.38. The summed E-state index contributed by atoms with van der Waals surface area (Å²) in [4.78, 5) is 12.5. The number of hydrogen-bond acceptors (Lipinski definition) is 6. The van der Waals surface area contributed by atoms with Crippen molar-refractivity contribution in [1.82, 2.24) is 19.7 Å². The smallest absolute Gasteiger partial charge is 0.356 e. The molecule has 3 rings (SSSR count). The normalized spacial score (nSPS) is 17.5. The highest BCUT2D eigenvalue weighted by atomic mass is 32.2. The van der Waals surface area contributed by atoms with Gasteiger partial charge in [0.2, 0.25) is 0 Å². The molecule has 0 saturated carbocycles. The van der Waals surface area contributed by atoms with Gasteiger partial charge in [-0.15, -0.1) is 0 Å². The van der Waals surface area contributed by atoms with Crippen LogP contribution in [0, 0.1) is 11.3 Å². The monoisotopic (exact) mass is 474 g/mol. The van der Waals surface area contributed by atoms with Gasteiger partial charge in [0.1, 0.15) is 17.3 Å². The second-order valence-corrected chi connectivity index (χ2v) is 8.07. The van der Waals surface area contributed by atoms with Crippen LogP contribution in [-0.2, 0) is 6.18 Å². The summed E-state index contributed by atoms with van der Waals surface area (Å²) in [6, 6.07) is 2.50. The number of piperidine rings is 1. The summed E-state index contributed by atoms with van der Waals surface area (Å²) >= 11 is 1.50. The number of halogens is 5. The number of aromatic amines is 1. The van der Waals surface area contributed by atoms with E-state index in [0.29, 0.717) is 24.7 Å². The van der Waals surface area contributed by atoms with Crippen molar-refractivity contribution in [3.05, 3.63) is 35.9 Å². The van der Waals surface area contributed by atoms with E-state index in [-0.39, 0.29) is 17.2 Å². The Hall–Kier alpha value is -2.47. The SMILES string of the molecule is CSNCC1CCCN(c2cc(-c3cnc(/C=C\C(=N)C(F)F)[nH]3)cc(C(F)(F)F)n2)C1. The number of nitrogens with one attached hydrogen (secondary N) is 3. The molecule has 0 aromatic carbocycles. The van der Waals surface area contributed by atoms with Gasteiger partial charge < -0.3 is 9.88 Å². The molecule has 1 fully saturated rings. The Labute approximate surface area is 186 Å². The van der Waals surface area contributed by atoms with Gasteiger partial charge in [0, 0.05) is 25.2 Å². The van der Waals surface area contributed by atoms with Gasteiger partial charge in [-0.2, -0.15) is 13.2 Å². The average molecular weight is 475 g/mol. The molecule has 0 bridgehead atoms. The van der Waals surface area contributed by atoms with Crippen LogP contribution in [-0.4, -0.2) is 53.0 Å². The van der Waals surface area contributed by atoms with Gasteiger partial charge in [-0.1, -0.05) is 11.9 Å². The highest BCUT2D eigenvalue weighted by molar-refractivity contribution is 7.96. The van der Waals surface area contributed by atoms with Crippen molar-refractivity contribution in [3.63, 3.8) is 0 Å². The number of pyridine rings is 1. The lowest BCUT2D eigenvalue weighted by Crippen LogP contribution is -2.39. The second kappa shape index (κ2) is 10.4. The lowest BCUT2D eigenvalue weighted by Gasteiger charge is -2.34. The minimum absolute atomic E-state index is 0.151. The maximum Gasteiger partial charge on any atom is 0.433 e. The number of alkyl halides is 5. The molecule has 32 heavy (non-hydrogen) atoms. The molecule has 0 amide bonds. The van der Waals surface area contributed by atoms with Crippen molar-refractivity contribution in [2.24, 2.45) is 5.92 Å². The molecule has 1 aliphatic rings. The van der Waals surface area contributed by atoms with Crippen LogP contribution in [0.2, 0.25) is 0 Å².